The Labute approximate surface area is 76.2 Å². The molecule has 1 atom stereocenters. The first-order chi connectivity index (χ1) is 5.62. The van der Waals surface area contributed by atoms with Gasteiger partial charge in [-0.2, -0.15) is 0 Å². The Morgan fingerprint density at radius 3 is 2.33 bits per heavy atom. The first kappa shape index (κ1) is 11.9. The lowest BCUT2D eigenvalue weighted by Gasteiger charge is -2.23. The molecule has 0 fully saturated rings. The highest BCUT2D eigenvalue weighted by Crippen LogP contribution is 2.15. The van der Waals surface area contributed by atoms with Crippen molar-refractivity contribution in [2.24, 2.45) is 5.73 Å². The SMILES string of the molecule is CCCCCCC(C)(N)CCO. The molecule has 12 heavy (non-hydrogen) atoms. The summed E-state index contributed by atoms with van der Waals surface area (Å²) in [7, 11) is 0. The molecule has 2 heteroatoms. The monoisotopic (exact) mass is 173 g/mol. The van der Waals surface area contributed by atoms with Crippen LogP contribution in [0.5, 0.6) is 0 Å². The van der Waals surface area contributed by atoms with Gasteiger partial charge in [0.05, 0.1) is 0 Å². The molecule has 0 amide bonds. The molecule has 0 saturated carbocycles. The summed E-state index contributed by atoms with van der Waals surface area (Å²) in [5.41, 5.74) is 5.80. The molecular formula is C10H23NO. The van der Waals surface area contributed by atoms with Crippen molar-refractivity contribution >= 4 is 0 Å². The summed E-state index contributed by atoms with van der Waals surface area (Å²) in [6, 6.07) is 0. The molecule has 0 aromatic rings. The maximum absolute atomic E-state index is 8.72. The molecule has 0 aliphatic carbocycles. The van der Waals surface area contributed by atoms with E-state index in [4.69, 9.17) is 10.8 Å². The normalized spacial score (nSPS) is 16.0. The standard InChI is InChI=1S/C10H23NO/c1-3-4-5-6-7-10(2,11)8-9-12/h12H,3-9,11H2,1-2H3. The molecule has 0 spiro atoms. The number of hydrogen-bond acceptors (Lipinski definition) is 2. The number of aliphatic hydroxyl groups excluding tert-OH is 1. The maximum Gasteiger partial charge on any atom is 0.0448 e. The smallest absolute Gasteiger partial charge is 0.0448 e. The molecule has 0 bridgehead atoms. The molecule has 0 heterocycles. The lowest BCUT2D eigenvalue weighted by atomic mass is 9.92. The second kappa shape index (κ2) is 6.44. The third-order valence-corrected chi connectivity index (χ3v) is 2.28. The number of nitrogens with two attached hydrogens (primary N) is 1. The molecule has 1 unspecified atom stereocenters. The summed E-state index contributed by atoms with van der Waals surface area (Å²) in [4.78, 5) is 0. The summed E-state index contributed by atoms with van der Waals surface area (Å²) in [5.74, 6) is 0. The Morgan fingerprint density at radius 2 is 1.83 bits per heavy atom. The van der Waals surface area contributed by atoms with Crippen LogP contribution in [0.1, 0.15) is 52.4 Å². The summed E-state index contributed by atoms with van der Waals surface area (Å²) < 4.78 is 0. The fraction of sp³-hybridized carbons (Fsp3) is 1.00. The molecule has 3 N–H and O–H groups in total. The highest BCUT2D eigenvalue weighted by molar-refractivity contribution is 4.77. The van der Waals surface area contributed by atoms with E-state index in [0.717, 1.165) is 12.8 Å². The van der Waals surface area contributed by atoms with Crippen LogP contribution in [0.15, 0.2) is 0 Å². The first-order valence-electron chi connectivity index (χ1n) is 5.02. The zero-order valence-corrected chi connectivity index (χ0v) is 8.47. The Balaban J connectivity index is 3.33. The average Bonchev–Trinajstić information content (AvgIpc) is 1.98. The highest BCUT2D eigenvalue weighted by atomic mass is 16.3. The molecular weight excluding hydrogens is 150 g/mol. The zero-order valence-electron chi connectivity index (χ0n) is 8.47. The average molecular weight is 173 g/mol. The molecule has 0 rings (SSSR count). The van der Waals surface area contributed by atoms with Crippen molar-refractivity contribution in [3.05, 3.63) is 0 Å². The van der Waals surface area contributed by atoms with Crippen LogP contribution in [0.4, 0.5) is 0 Å². The van der Waals surface area contributed by atoms with Crippen LogP contribution in [0, 0.1) is 0 Å². The van der Waals surface area contributed by atoms with Crippen molar-refractivity contribution in [1.82, 2.24) is 0 Å². The van der Waals surface area contributed by atoms with Gasteiger partial charge < -0.3 is 10.8 Å². The van der Waals surface area contributed by atoms with Crippen LogP contribution >= 0.6 is 0 Å². The second-order valence-electron chi connectivity index (χ2n) is 3.94. The van der Waals surface area contributed by atoms with Gasteiger partial charge in [0.25, 0.3) is 0 Å². The van der Waals surface area contributed by atoms with Crippen LogP contribution in [0.25, 0.3) is 0 Å². The lowest BCUT2D eigenvalue weighted by molar-refractivity contribution is 0.237. The zero-order chi connectivity index (χ0) is 9.45. The van der Waals surface area contributed by atoms with Gasteiger partial charge in [-0.1, -0.05) is 32.6 Å². The van der Waals surface area contributed by atoms with Crippen molar-refractivity contribution in [3.8, 4) is 0 Å². The minimum Gasteiger partial charge on any atom is -0.396 e. The van der Waals surface area contributed by atoms with Crippen LogP contribution in [-0.4, -0.2) is 17.3 Å². The Kier molecular flexibility index (Phi) is 6.39. The summed E-state index contributed by atoms with van der Waals surface area (Å²) in [6.45, 7) is 4.44. The second-order valence-corrected chi connectivity index (χ2v) is 3.94. The van der Waals surface area contributed by atoms with Crippen LogP contribution < -0.4 is 5.73 Å². The molecule has 0 aliphatic heterocycles. The van der Waals surface area contributed by atoms with Gasteiger partial charge in [0.15, 0.2) is 0 Å². The van der Waals surface area contributed by atoms with Crippen LogP contribution in [0.2, 0.25) is 0 Å². The van der Waals surface area contributed by atoms with Crippen molar-refractivity contribution < 1.29 is 5.11 Å². The summed E-state index contributed by atoms with van der Waals surface area (Å²) >= 11 is 0. The highest BCUT2D eigenvalue weighted by Gasteiger charge is 2.16. The predicted molar refractivity (Wildman–Crippen MR) is 53.1 cm³/mol. The fourth-order valence-electron chi connectivity index (χ4n) is 1.34. The Bertz CT molecular complexity index is 102. The van der Waals surface area contributed by atoms with E-state index in [-0.39, 0.29) is 12.1 Å². The van der Waals surface area contributed by atoms with E-state index in [1.54, 1.807) is 0 Å². The predicted octanol–water partition coefficient (Wildman–Crippen LogP) is 2.06. The first-order valence-corrected chi connectivity index (χ1v) is 5.02. The quantitative estimate of drug-likeness (QED) is 0.579. The fourth-order valence-corrected chi connectivity index (χ4v) is 1.34. The van der Waals surface area contributed by atoms with E-state index in [0.29, 0.717) is 0 Å². The largest absolute Gasteiger partial charge is 0.396 e. The van der Waals surface area contributed by atoms with Crippen molar-refractivity contribution in [2.45, 2.75) is 57.9 Å². The molecule has 0 saturated heterocycles. The molecule has 74 valence electrons. The van der Waals surface area contributed by atoms with Crippen molar-refractivity contribution in [1.29, 1.82) is 0 Å². The van der Waals surface area contributed by atoms with Gasteiger partial charge in [0, 0.05) is 12.1 Å². The maximum atomic E-state index is 8.72. The molecule has 0 radical (unpaired) electrons. The van der Waals surface area contributed by atoms with E-state index >= 15 is 0 Å². The van der Waals surface area contributed by atoms with Gasteiger partial charge in [-0.25, -0.2) is 0 Å². The van der Waals surface area contributed by atoms with Gasteiger partial charge in [0.1, 0.15) is 0 Å². The van der Waals surface area contributed by atoms with Crippen LogP contribution in [0.3, 0.4) is 0 Å². The number of aliphatic hydroxyl groups is 1. The number of hydrogen-bond donors (Lipinski definition) is 2. The minimum absolute atomic E-state index is 0.150. The van der Waals surface area contributed by atoms with E-state index in [9.17, 15) is 0 Å². The van der Waals surface area contributed by atoms with Gasteiger partial charge >= 0.3 is 0 Å². The molecule has 0 aromatic carbocycles. The number of unbranched alkanes of at least 4 members (excludes halogenated alkanes) is 3. The minimum atomic E-state index is -0.150. The molecule has 0 aromatic heterocycles. The van der Waals surface area contributed by atoms with E-state index < -0.39 is 0 Å². The molecule has 0 aliphatic rings. The van der Waals surface area contributed by atoms with E-state index in [1.807, 2.05) is 6.92 Å². The van der Waals surface area contributed by atoms with E-state index in [1.165, 1.54) is 25.7 Å². The lowest BCUT2D eigenvalue weighted by Crippen LogP contribution is -2.36. The third kappa shape index (κ3) is 6.62. The van der Waals surface area contributed by atoms with Gasteiger partial charge in [-0.05, 0) is 19.8 Å². The van der Waals surface area contributed by atoms with E-state index in [2.05, 4.69) is 6.92 Å². The summed E-state index contributed by atoms with van der Waals surface area (Å²) in [5, 5.41) is 8.72. The third-order valence-electron chi connectivity index (χ3n) is 2.28. The Morgan fingerprint density at radius 1 is 1.17 bits per heavy atom. The van der Waals surface area contributed by atoms with Gasteiger partial charge in [-0.15, -0.1) is 0 Å². The van der Waals surface area contributed by atoms with Gasteiger partial charge in [-0.3, -0.25) is 0 Å². The van der Waals surface area contributed by atoms with Crippen LogP contribution in [-0.2, 0) is 0 Å². The number of rotatable bonds is 7. The van der Waals surface area contributed by atoms with Crippen molar-refractivity contribution in [2.75, 3.05) is 6.61 Å². The van der Waals surface area contributed by atoms with Gasteiger partial charge in [0.2, 0.25) is 0 Å². The molecule has 2 nitrogen and oxygen atoms in total. The topological polar surface area (TPSA) is 46.2 Å². The Hall–Kier alpha value is -0.0800. The van der Waals surface area contributed by atoms with Crippen molar-refractivity contribution in [3.63, 3.8) is 0 Å². The summed E-state index contributed by atoms with van der Waals surface area (Å²) in [6.07, 6.45) is 6.79.